The van der Waals surface area contributed by atoms with Crippen LogP contribution in [0.2, 0.25) is 5.02 Å². The van der Waals surface area contributed by atoms with Crippen molar-refractivity contribution >= 4 is 40.5 Å². The molecule has 2 N–H and O–H groups in total. The maximum atomic E-state index is 13.4. The van der Waals surface area contributed by atoms with Crippen LogP contribution in [0, 0.1) is 18.7 Å². The molecule has 0 saturated heterocycles. The lowest BCUT2D eigenvalue weighted by molar-refractivity contribution is -0.123. The van der Waals surface area contributed by atoms with Crippen LogP contribution < -0.4 is 10.7 Å². The van der Waals surface area contributed by atoms with Gasteiger partial charge in [0, 0.05) is 28.7 Å². The predicted molar refractivity (Wildman–Crippen MR) is 145 cm³/mol. The second-order valence-electron chi connectivity index (χ2n) is 9.14. The van der Waals surface area contributed by atoms with E-state index in [1.807, 2.05) is 45.0 Å². The van der Waals surface area contributed by atoms with Crippen LogP contribution in [0.15, 0.2) is 77.9 Å². The molecule has 1 heterocycles. The third kappa shape index (κ3) is 5.89. The lowest BCUT2D eigenvalue weighted by Gasteiger charge is -2.20. The minimum Gasteiger partial charge on any atom is -0.340 e. The van der Waals surface area contributed by atoms with Crippen LogP contribution >= 0.6 is 11.6 Å². The SMILES string of the molecule is Cc1c(/C=N\NC(=O)C(NC(=O)c2ccccc2Cl)C(C)C)c2ccccc2n1Cc1ccc(F)cc1. The molecule has 8 heteroatoms. The first-order valence-electron chi connectivity index (χ1n) is 12.0. The number of rotatable bonds is 8. The standard InChI is InChI=1S/C29H28ClFN4O2/c1-18(2)27(33-28(36)23-9-4-6-10-25(23)30)29(37)34-32-16-24-19(3)35(26-11-7-5-8-22(24)26)17-20-12-14-21(31)15-13-20/h4-16,18,27H,17H2,1-3H3,(H,33,36)(H,34,37)/b32-16-. The number of amides is 2. The molecule has 6 nitrogen and oxygen atoms in total. The van der Waals surface area contributed by atoms with Gasteiger partial charge in [-0.2, -0.15) is 5.10 Å². The zero-order chi connectivity index (χ0) is 26.5. The van der Waals surface area contributed by atoms with E-state index in [0.29, 0.717) is 17.1 Å². The third-order valence-corrected chi connectivity index (χ3v) is 6.59. The molecule has 0 spiro atoms. The normalized spacial score (nSPS) is 12.3. The lowest BCUT2D eigenvalue weighted by Crippen LogP contribution is -2.48. The number of nitrogens with one attached hydrogen (secondary N) is 2. The smallest absolute Gasteiger partial charge is 0.262 e. The van der Waals surface area contributed by atoms with Gasteiger partial charge >= 0.3 is 0 Å². The van der Waals surface area contributed by atoms with Gasteiger partial charge in [0.1, 0.15) is 11.9 Å². The zero-order valence-electron chi connectivity index (χ0n) is 20.8. The fourth-order valence-corrected chi connectivity index (χ4v) is 4.45. The molecule has 1 aromatic heterocycles. The second-order valence-corrected chi connectivity index (χ2v) is 9.55. The first-order chi connectivity index (χ1) is 17.8. The first kappa shape index (κ1) is 26.1. The Morgan fingerprint density at radius 3 is 2.41 bits per heavy atom. The van der Waals surface area contributed by atoms with Crippen LogP contribution in [0.3, 0.4) is 0 Å². The van der Waals surface area contributed by atoms with Gasteiger partial charge in [-0.25, -0.2) is 9.82 Å². The number of hydrazone groups is 1. The van der Waals surface area contributed by atoms with Gasteiger partial charge < -0.3 is 9.88 Å². The monoisotopic (exact) mass is 518 g/mol. The highest BCUT2D eigenvalue weighted by Crippen LogP contribution is 2.25. The van der Waals surface area contributed by atoms with Crippen molar-refractivity contribution in [1.82, 2.24) is 15.3 Å². The summed E-state index contributed by atoms with van der Waals surface area (Å²) in [4.78, 5) is 25.6. The summed E-state index contributed by atoms with van der Waals surface area (Å²) < 4.78 is 15.5. The molecule has 0 bridgehead atoms. The van der Waals surface area contributed by atoms with Gasteiger partial charge in [-0.15, -0.1) is 0 Å². The summed E-state index contributed by atoms with van der Waals surface area (Å²) in [5.41, 5.74) is 6.66. The predicted octanol–water partition coefficient (Wildman–Crippen LogP) is 5.70. The van der Waals surface area contributed by atoms with E-state index in [1.54, 1.807) is 42.6 Å². The number of aromatic nitrogens is 1. The molecule has 0 aliphatic carbocycles. The zero-order valence-corrected chi connectivity index (χ0v) is 21.6. The van der Waals surface area contributed by atoms with Crippen LogP contribution in [0.5, 0.6) is 0 Å². The summed E-state index contributed by atoms with van der Waals surface area (Å²) in [7, 11) is 0. The number of nitrogens with zero attached hydrogens (tertiary/aromatic N) is 2. The number of fused-ring (bicyclic) bond motifs is 1. The van der Waals surface area contributed by atoms with Gasteiger partial charge in [-0.05, 0) is 48.7 Å². The van der Waals surface area contributed by atoms with Gasteiger partial charge in [0.05, 0.1) is 16.8 Å². The lowest BCUT2D eigenvalue weighted by atomic mass is 10.0. The Hall–Kier alpha value is -3.97. The van der Waals surface area contributed by atoms with Crippen LogP contribution in [0.1, 0.15) is 41.0 Å². The number of benzene rings is 3. The van der Waals surface area contributed by atoms with E-state index in [4.69, 9.17) is 11.6 Å². The quantitative estimate of drug-likeness (QED) is 0.232. The molecule has 1 atom stereocenters. The summed E-state index contributed by atoms with van der Waals surface area (Å²) in [5.74, 6) is -1.31. The van der Waals surface area contributed by atoms with Crippen molar-refractivity contribution in [3.8, 4) is 0 Å². The molecular formula is C29H28ClFN4O2. The highest BCUT2D eigenvalue weighted by atomic mass is 35.5. The van der Waals surface area contributed by atoms with Crippen molar-refractivity contribution in [3.05, 3.63) is 106 Å². The highest BCUT2D eigenvalue weighted by molar-refractivity contribution is 6.33. The minimum absolute atomic E-state index is 0.180. The number of carbonyl (C=O) groups excluding carboxylic acids is 2. The number of halogens is 2. The van der Waals surface area contributed by atoms with Gasteiger partial charge in [-0.1, -0.05) is 67.9 Å². The first-order valence-corrected chi connectivity index (χ1v) is 12.3. The molecule has 190 valence electrons. The van der Waals surface area contributed by atoms with Crippen molar-refractivity contribution in [2.45, 2.75) is 33.4 Å². The van der Waals surface area contributed by atoms with E-state index in [9.17, 15) is 14.0 Å². The van der Waals surface area contributed by atoms with Gasteiger partial charge in [0.25, 0.3) is 11.8 Å². The van der Waals surface area contributed by atoms with Gasteiger partial charge in [0.2, 0.25) is 0 Å². The molecule has 3 aromatic carbocycles. The van der Waals surface area contributed by atoms with E-state index in [0.717, 1.165) is 27.7 Å². The van der Waals surface area contributed by atoms with Crippen molar-refractivity contribution in [2.24, 2.45) is 11.0 Å². The second kappa shape index (κ2) is 11.4. The summed E-state index contributed by atoms with van der Waals surface area (Å²) >= 11 is 6.13. The molecule has 0 radical (unpaired) electrons. The Labute approximate surface area is 220 Å². The average molecular weight is 519 g/mol. The van der Waals surface area contributed by atoms with Crippen molar-refractivity contribution in [1.29, 1.82) is 0 Å². The molecule has 4 rings (SSSR count). The highest BCUT2D eigenvalue weighted by Gasteiger charge is 2.25. The minimum atomic E-state index is -0.804. The van der Waals surface area contributed by atoms with Crippen molar-refractivity contribution in [3.63, 3.8) is 0 Å². The Morgan fingerprint density at radius 1 is 1.03 bits per heavy atom. The fraction of sp³-hybridized carbons (Fsp3) is 0.207. The maximum Gasteiger partial charge on any atom is 0.262 e. The summed E-state index contributed by atoms with van der Waals surface area (Å²) in [5, 5.41) is 8.27. The average Bonchev–Trinajstić information content (AvgIpc) is 3.14. The number of carbonyl (C=O) groups is 2. The fourth-order valence-electron chi connectivity index (χ4n) is 4.23. The van der Waals surface area contributed by atoms with Crippen molar-refractivity contribution in [2.75, 3.05) is 0 Å². The Balaban J connectivity index is 1.53. The van der Waals surface area contributed by atoms with Gasteiger partial charge in [0.15, 0.2) is 0 Å². The molecular weight excluding hydrogens is 491 g/mol. The van der Waals surface area contributed by atoms with Crippen LogP contribution in [-0.4, -0.2) is 28.6 Å². The molecule has 1 unspecified atom stereocenters. The molecule has 2 amide bonds. The summed E-state index contributed by atoms with van der Waals surface area (Å²) in [6.07, 6.45) is 1.62. The van der Waals surface area contributed by atoms with E-state index in [1.165, 1.54) is 12.1 Å². The summed E-state index contributed by atoms with van der Waals surface area (Å²) in [6.45, 7) is 6.23. The molecule has 4 aromatic rings. The van der Waals surface area contributed by atoms with Crippen LogP contribution in [-0.2, 0) is 11.3 Å². The number of para-hydroxylation sites is 1. The third-order valence-electron chi connectivity index (χ3n) is 6.26. The Bertz CT molecular complexity index is 1460. The topological polar surface area (TPSA) is 75.5 Å². The Morgan fingerprint density at radius 2 is 1.70 bits per heavy atom. The molecule has 0 aliphatic heterocycles. The summed E-state index contributed by atoms with van der Waals surface area (Å²) in [6, 6.07) is 20.2. The Kier molecular flexibility index (Phi) is 8.04. The molecule has 0 fully saturated rings. The van der Waals surface area contributed by atoms with E-state index in [2.05, 4.69) is 20.4 Å². The largest absolute Gasteiger partial charge is 0.340 e. The van der Waals surface area contributed by atoms with E-state index >= 15 is 0 Å². The number of hydrogen-bond donors (Lipinski definition) is 2. The molecule has 0 aliphatic rings. The van der Waals surface area contributed by atoms with Gasteiger partial charge in [-0.3, -0.25) is 9.59 Å². The van der Waals surface area contributed by atoms with E-state index in [-0.39, 0.29) is 11.7 Å². The molecule has 37 heavy (non-hydrogen) atoms. The van der Waals surface area contributed by atoms with Crippen LogP contribution in [0.25, 0.3) is 10.9 Å². The van der Waals surface area contributed by atoms with E-state index < -0.39 is 17.9 Å². The maximum absolute atomic E-state index is 13.4. The number of hydrogen-bond acceptors (Lipinski definition) is 3. The molecule has 0 saturated carbocycles. The van der Waals surface area contributed by atoms with Crippen LogP contribution in [0.4, 0.5) is 4.39 Å². The van der Waals surface area contributed by atoms with Crippen molar-refractivity contribution < 1.29 is 14.0 Å².